The van der Waals surface area contributed by atoms with Crippen LogP contribution in [0.4, 0.5) is 0 Å². The van der Waals surface area contributed by atoms with Gasteiger partial charge in [0.2, 0.25) is 0 Å². The summed E-state index contributed by atoms with van der Waals surface area (Å²) in [5, 5.41) is 18.2. The Kier molecular flexibility index (Phi) is 11.1. The molecule has 1 saturated heterocycles. The third kappa shape index (κ3) is 5.72. The van der Waals surface area contributed by atoms with E-state index in [-0.39, 0.29) is 25.7 Å². The molecule has 7 unspecified atom stereocenters. The summed E-state index contributed by atoms with van der Waals surface area (Å²) >= 11 is 5.81. The van der Waals surface area contributed by atoms with Gasteiger partial charge in [-0.2, -0.15) is 0 Å². The van der Waals surface area contributed by atoms with Crippen molar-refractivity contribution in [2.24, 2.45) is 0 Å². The van der Waals surface area contributed by atoms with Crippen molar-refractivity contribution in [2.45, 2.75) is 140 Å². The lowest BCUT2D eigenvalue weighted by Gasteiger charge is -2.54. The van der Waals surface area contributed by atoms with E-state index in [9.17, 15) is 24.6 Å². The molecule has 0 aromatic rings. The van der Waals surface area contributed by atoms with Gasteiger partial charge in [0.1, 0.15) is 19.6 Å². The Labute approximate surface area is 212 Å². The van der Waals surface area contributed by atoms with Gasteiger partial charge in [-0.05, 0) is 70.6 Å². The number of aliphatic hydroxyl groups excluding tert-OH is 1. The quantitative estimate of drug-likeness (QED) is 0.185. The molecule has 1 heterocycles. The number of hydrogen-bond donors (Lipinski definition) is 4. The molecule has 0 saturated carbocycles. The van der Waals surface area contributed by atoms with Crippen LogP contribution in [0.25, 0.3) is 0 Å². The first-order valence-electron chi connectivity index (χ1n) is 12.3. The van der Waals surface area contributed by atoms with Gasteiger partial charge in [-0.25, -0.2) is 0 Å². The zero-order valence-electron chi connectivity index (χ0n) is 22.0. The van der Waals surface area contributed by atoms with Gasteiger partial charge in [-0.15, -0.1) is 0 Å². The highest BCUT2D eigenvalue weighted by molar-refractivity contribution is 8.10. The van der Waals surface area contributed by atoms with Gasteiger partial charge >= 0.3 is 7.60 Å². The van der Waals surface area contributed by atoms with Gasteiger partial charge in [0.15, 0.2) is 11.8 Å². The first-order chi connectivity index (χ1) is 15.4. The van der Waals surface area contributed by atoms with Crippen molar-refractivity contribution >= 4 is 33.7 Å². The second-order valence-corrected chi connectivity index (χ2v) is 15.4. The van der Waals surface area contributed by atoms with E-state index in [4.69, 9.17) is 33.4 Å². The number of ether oxygens (including phenoxy) is 1. The number of aliphatic hydroxyl groups is 2. The van der Waals surface area contributed by atoms with E-state index < -0.39 is 54.0 Å². The van der Waals surface area contributed by atoms with Crippen LogP contribution in [0, 0.1) is 0 Å². The standard InChI is InChI=1S/C22H45BO8P2S/c1-9-19(7,18-16(24)15-17(23)29-18)30-33(28,34)21(11-3,12-4)20(8,10-2)31-32(26,27)22(25,13-5)14-6/h16-18,24-25H,9-15H2,1-8H3,(H,26,27)(H,28,34). The molecule has 0 aromatic heterocycles. The summed E-state index contributed by atoms with van der Waals surface area (Å²) in [6, 6.07) is -0.654. The zero-order chi connectivity index (χ0) is 26.8. The molecular formula is C22H45BO8P2S. The Balaban J connectivity index is 3.57. The van der Waals surface area contributed by atoms with Crippen molar-refractivity contribution in [1.29, 1.82) is 0 Å². The summed E-state index contributed by atoms with van der Waals surface area (Å²) in [7, 11) is 1.31. The van der Waals surface area contributed by atoms with Crippen LogP contribution in [0.15, 0.2) is 0 Å². The molecule has 0 bridgehead atoms. The third-order valence-electron chi connectivity index (χ3n) is 8.13. The van der Waals surface area contributed by atoms with Crippen LogP contribution in [-0.2, 0) is 30.2 Å². The third-order valence-corrected chi connectivity index (χ3v) is 14.6. The predicted molar refractivity (Wildman–Crippen MR) is 140 cm³/mol. The van der Waals surface area contributed by atoms with Gasteiger partial charge in [0.05, 0.1) is 16.9 Å². The van der Waals surface area contributed by atoms with Crippen LogP contribution in [0.1, 0.15) is 100 Å². The van der Waals surface area contributed by atoms with Gasteiger partial charge in [0.25, 0.3) is 0 Å². The van der Waals surface area contributed by atoms with E-state index >= 15 is 0 Å². The van der Waals surface area contributed by atoms with E-state index in [1.165, 1.54) is 0 Å². The maximum Gasteiger partial charge on any atom is 0.359 e. The average molecular weight is 542 g/mol. The van der Waals surface area contributed by atoms with Crippen LogP contribution in [0.3, 0.4) is 0 Å². The molecule has 8 nitrogen and oxygen atoms in total. The minimum Gasteiger partial charge on any atom is -0.390 e. The molecular weight excluding hydrogens is 497 g/mol. The van der Waals surface area contributed by atoms with Gasteiger partial charge in [-0.1, -0.05) is 41.5 Å². The topological polar surface area (TPSA) is 126 Å². The van der Waals surface area contributed by atoms with Gasteiger partial charge < -0.3 is 29.3 Å². The Morgan fingerprint density at radius 1 is 0.971 bits per heavy atom. The van der Waals surface area contributed by atoms with E-state index in [0.717, 1.165) is 0 Å². The first kappa shape index (κ1) is 32.7. The van der Waals surface area contributed by atoms with Crippen LogP contribution < -0.4 is 0 Å². The van der Waals surface area contributed by atoms with E-state index in [2.05, 4.69) is 0 Å². The molecule has 1 aliphatic rings. The molecule has 1 fully saturated rings. The molecule has 0 spiro atoms. The normalized spacial score (nSPS) is 29.1. The van der Waals surface area contributed by atoms with Crippen molar-refractivity contribution in [1.82, 2.24) is 0 Å². The molecule has 34 heavy (non-hydrogen) atoms. The average Bonchev–Trinajstić information content (AvgIpc) is 3.11. The van der Waals surface area contributed by atoms with Crippen LogP contribution >= 0.6 is 14.1 Å². The van der Waals surface area contributed by atoms with Crippen LogP contribution in [-0.4, -0.2) is 67.8 Å². The lowest BCUT2D eigenvalue weighted by Crippen LogP contribution is -2.55. The lowest BCUT2D eigenvalue weighted by atomic mass is 9.82. The van der Waals surface area contributed by atoms with E-state index in [0.29, 0.717) is 19.3 Å². The summed E-state index contributed by atoms with van der Waals surface area (Å²) in [6.45, 7) is 10.1. The first-order valence-corrected chi connectivity index (χ1v) is 16.6. The minimum absolute atomic E-state index is 0.0250. The monoisotopic (exact) mass is 542 g/mol. The van der Waals surface area contributed by atoms with Gasteiger partial charge in [-0.3, -0.25) is 9.09 Å². The molecule has 4 N–H and O–H groups in total. The molecule has 2 radical (unpaired) electrons. The SMILES string of the molecule is [B]C1CC(O)C(C(C)(CC)OP(O)(=S)C(CC)(CC)C(C)(CC)OP(=O)(O)C(O)(CC)CC)O1. The molecule has 1 rings (SSSR count). The Hall–Kier alpha value is 0.665. The number of hydrogen-bond acceptors (Lipinski definition) is 7. The zero-order valence-corrected chi connectivity index (χ0v) is 24.6. The lowest BCUT2D eigenvalue weighted by molar-refractivity contribution is -0.101. The molecule has 0 aliphatic carbocycles. The van der Waals surface area contributed by atoms with Crippen molar-refractivity contribution < 1.29 is 38.3 Å². The summed E-state index contributed by atoms with van der Waals surface area (Å²) < 4.78 is 31.4. The molecule has 0 aromatic carbocycles. The Morgan fingerprint density at radius 3 is 1.79 bits per heavy atom. The maximum absolute atomic E-state index is 13.4. The van der Waals surface area contributed by atoms with Crippen molar-refractivity contribution in [3.63, 3.8) is 0 Å². The fourth-order valence-corrected chi connectivity index (χ4v) is 11.4. The number of rotatable bonds is 14. The van der Waals surface area contributed by atoms with E-state index in [1.807, 2.05) is 20.8 Å². The fraction of sp³-hybridized carbons (Fsp3) is 1.00. The van der Waals surface area contributed by atoms with Crippen molar-refractivity contribution in [3.05, 3.63) is 0 Å². The summed E-state index contributed by atoms with van der Waals surface area (Å²) in [6.07, 6.45) is -0.190. The maximum atomic E-state index is 13.4. The van der Waals surface area contributed by atoms with Crippen molar-refractivity contribution in [2.75, 3.05) is 0 Å². The predicted octanol–water partition coefficient (Wildman–Crippen LogP) is 4.56. The summed E-state index contributed by atoms with van der Waals surface area (Å²) in [5.74, 6) is 0. The second kappa shape index (κ2) is 11.6. The molecule has 12 heteroatoms. The highest BCUT2D eigenvalue weighted by Crippen LogP contribution is 2.71. The fourth-order valence-electron chi connectivity index (χ4n) is 5.12. The summed E-state index contributed by atoms with van der Waals surface area (Å²) in [5.41, 5.74) is -2.55. The van der Waals surface area contributed by atoms with Crippen molar-refractivity contribution in [3.8, 4) is 0 Å². The molecule has 7 atom stereocenters. The largest absolute Gasteiger partial charge is 0.390 e. The molecule has 0 amide bonds. The Bertz CT molecular complexity index is 778. The smallest absolute Gasteiger partial charge is 0.359 e. The van der Waals surface area contributed by atoms with Crippen LogP contribution in [0.2, 0.25) is 0 Å². The molecule has 200 valence electrons. The van der Waals surface area contributed by atoms with Crippen LogP contribution in [0.5, 0.6) is 0 Å². The Morgan fingerprint density at radius 2 is 1.47 bits per heavy atom. The second-order valence-electron chi connectivity index (χ2n) is 9.80. The molecule has 1 aliphatic heterocycles. The highest BCUT2D eigenvalue weighted by atomic mass is 32.5. The minimum atomic E-state index is -4.56. The summed E-state index contributed by atoms with van der Waals surface area (Å²) in [4.78, 5) is 22.8. The highest BCUT2D eigenvalue weighted by Gasteiger charge is 2.62. The van der Waals surface area contributed by atoms with E-state index in [1.54, 1.807) is 34.6 Å². The van der Waals surface area contributed by atoms with Gasteiger partial charge in [0, 0.05) is 6.00 Å².